The third-order valence-corrected chi connectivity index (χ3v) is 2.15. The molecule has 9 heteroatoms. The average Bonchev–Trinajstić information content (AvgIpc) is 2.78. The maximum Gasteiger partial charge on any atom is 0.344 e. The van der Waals surface area contributed by atoms with Crippen molar-refractivity contribution in [3.63, 3.8) is 0 Å². The van der Waals surface area contributed by atoms with Crippen molar-refractivity contribution in [2.75, 3.05) is 13.2 Å². The van der Waals surface area contributed by atoms with Crippen molar-refractivity contribution >= 4 is 5.97 Å². The van der Waals surface area contributed by atoms with Gasteiger partial charge in [0.05, 0.1) is 6.61 Å². The van der Waals surface area contributed by atoms with E-state index in [4.69, 9.17) is 4.74 Å². The summed E-state index contributed by atoms with van der Waals surface area (Å²) in [6.45, 7) is 1.49. The Morgan fingerprint density at radius 1 is 1.55 bits per heavy atom. The Labute approximate surface area is 112 Å². The van der Waals surface area contributed by atoms with E-state index in [1.807, 2.05) is 0 Å². The van der Waals surface area contributed by atoms with E-state index in [0.29, 0.717) is 4.85 Å². The van der Waals surface area contributed by atoms with Crippen LogP contribution in [0.4, 0.5) is 4.39 Å². The molecule has 0 saturated carbocycles. The maximum atomic E-state index is 13.1. The van der Waals surface area contributed by atoms with Crippen molar-refractivity contribution in [1.82, 2.24) is 19.9 Å². The summed E-state index contributed by atoms with van der Waals surface area (Å²) in [5.74, 6) is -1.23. The van der Waals surface area contributed by atoms with Crippen LogP contribution in [0.2, 0.25) is 0 Å². The summed E-state index contributed by atoms with van der Waals surface area (Å²) in [6, 6.07) is 1.98. The van der Waals surface area contributed by atoms with Crippen molar-refractivity contribution in [3.05, 3.63) is 24.1 Å². The Balaban J connectivity index is 2.12. The van der Waals surface area contributed by atoms with Crippen LogP contribution in [0.25, 0.3) is 11.5 Å². The van der Waals surface area contributed by atoms with E-state index in [1.165, 1.54) is 6.20 Å². The second-order valence-corrected chi connectivity index (χ2v) is 3.56. The first-order chi connectivity index (χ1) is 9.60. The number of pyridine rings is 1. The van der Waals surface area contributed by atoms with Crippen molar-refractivity contribution in [3.8, 4) is 17.5 Å². The summed E-state index contributed by atoms with van der Waals surface area (Å²) in [5, 5.41) is 13.0. The van der Waals surface area contributed by atoms with E-state index in [9.17, 15) is 14.4 Å². The normalized spacial score (nSPS) is 10.3. The monoisotopic (exact) mass is 282 g/mol. The van der Waals surface area contributed by atoms with Gasteiger partial charge in [0.2, 0.25) is 5.82 Å². The molecule has 2 rings (SSSR count). The van der Waals surface area contributed by atoms with Crippen molar-refractivity contribution in [2.45, 2.75) is 6.92 Å². The molecule has 0 spiro atoms. The second-order valence-electron chi connectivity index (χ2n) is 3.56. The summed E-state index contributed by atoms with van der Waals surface area (Å²) in [4.78, 5) is 19.1. The lowest BCUT2D eigenvalue weighted by Gasteiger charge is -2.00. The molecule has 20 heavy (non-hydrogen) atoms. The van der Waals surface area contributed by atoms with Gasteiger partial charge in [0, 0.05) is 12.3 Å². The van der Waals surface area contributed by atoms with Crippen LogP contribution in [0, 0.1) is 5.82 Å². The van der Waals surface area contributed by atoms with Gasteiger partial charge < -0.3 is 14.7 Å². The summed E-state index contributed by atoms with van der Waals surface area (Å²) in [6.07, 6.45) is 1.22. The number of rotatable bonds is 5. The maximum absolute atomic E-state index is 13.1. The SMILES string of the molecule is CCOC(=O)COc1nc(-c2cc(F)ccn2)n(O)n1. The molecule has 0 aliphatic rings. The fourth-order valence-electron chi connectivity index (χ4n) is 1.36. The van der Waals surface area contributed by atoms with Gasteiger partial charge in [-0.15, -0.1) is 0 Å². The Morgan fingerprint density at radius 3 is 3.05 bits per heavy atom. The van der Waals surface area contributed by atoms with Crippen LogP contribution in [0.3, 0.4) is 0 Å². The Kier molecular flexibility index (Phi) is 4.08. The molecule has 2 aromatic rings. The number of carbonyl (C=O) groups is 1. The number of ether oxygens (including phenoxy) is 2. The number of nitrogens with zero attached hydrogens (tertiary/aromatic N) is 4. The number of hydrogen-bond acceptors (Lipinski definition) is 7. The van der Waals surface area contributed by atoms with E-state index in [1.54, 1.807) is 6.92 Å². The highest BCUT2D eigenvalue weighted by atomic mass is 19.1. The summed E-state index contributed by atoms with van der Waals surface area (Å²) < 4.78 is 22.6. The molecule has 0 aliphatic heterocycles. The van der Waals surface area contributed by atoms with Crippen LogP contribution in [0.5, 0.6) is 6.01 Å². The molecule has 0 fully saturated rings. The number of esters is 1. The minimum absolute atomic E-state index is 0.0750. The van der Waals surface area contributed by atoms with Crippen molar-refractivity contribution < 1.29 is 23.9 Å². The van der Waals surface area contributed by atoms with Gasteiger partial charge in [-0.1, -0.05) is 9.94 Å². The lowest BCUT2D eigenvalue weighted by molar-refractivity contribution is -0.145. The smallest absolute Gasteiger partial charge is 0.344 e. The van der Waals surface area contributed by atoms with Gasteiger partial charge in [-0.3, -0.25) is 4.98 Å². The lowest BCUT2D eigenvalue weighted by atomic mass is 10.3. The highest BCUT2D eigenvalue weighted by molar-refractivity contribution is 5.70. The van der Waals surface area contributed by atoms with Gasteiger partial charge in [-0.25, -0.2) is 9.18 Å². The quantitative estimate of drug-likeness (QED) is 0.635. The minimum Gasteiger partial charge on any atom is -0.463 e. The molecule has 1 N–H and O–H groups in total. The van der Waals surface area contributed by atoms with Crippen LogP contribution in [0.1, 0.15) is 6.92 Å². The van der Waals surface area contributed by atoms with E-state index >= 15 is 0 Å². The van der Waals surface area contributed by atoms with Crippen LogP contribution in [-0.4, -0.2) is 44.3 Å². The Morgan fingerprint density at radius 2 is 2.35 bits per heavy atom. The fraction of sp³-hybridized carbons (Fsp3) is 0.273. The first-order valence-electron chi connectivity index (χ1n) is 5.66. The molecule has 0 radical (unpaired) electrons. The first-order valence-corrected chi connectivity index (χ1v) is 5.66. The highest BCUT2D eigenvalue weighted by Crippen LogP contribution is 2.17. The minimum atomic E-state index is -0.591. The molecule has 0 atom stereocenters. The molecule has 0 aromatic carbocycles. The summed E-state index contributed by atoms with van der Waals surface area (Å²) in [7, 11) is 0. The zero-order valence-electron chi connectivity index (χ0n) is 10.5. The molecule has 0 amide bonds. The van der Waals surface area contributed by atoms with E-state index in [2.05, 4.69) is 19.8 Å². The zero-order valence-corrected chi connectivity index (χ0v) is 10.5. The average molecular weight is 282 g/mol. The lowest BCUT2D eigenvalue weighted by Crippen LogP contribution is -2.15. The van der Waals surface area contributed by atoms with Crippen LogP contribution in [-0.2, 0) is 9.53 Å². The van der Waals surface area contributed by atoms with Crippen LogP contribution < -0.4 is 4.74 Å². The number of carbonyl (C=O) groups excluding carboxylic acids is 1. The van der Waals surface area contributed by atoms with E-state index in [-0.39, 0.29) is 24.1 Å². The van der Waals surface area contributed by atoms with Gasteiger partial charge in [0.1, 0.15) is 11.5 Å². The van der Waals surface area contributed by atoms with E-state index < -0.39 is 18.4 Å². The molecular weight excluding hydrogens is 271 g/mol. The highest BCUT2D eigenvalue weighted by Gasteiger charge is 2.15. The summed E-state index contributed by atoms with van der Waals surface area (Å²) >= 11 is 0. The topological polar surface area (TPSA) is 99.4 Å². The standard InChI is InChI=1S/C11H11FN4O4/c1-2-19-9(17)6-20-11-14-10(16(18)15-11)8-5-7(12)3-4-13-8/h3-5,18H,2,6H2,1H3. The number of aromatic nitrogens is 4. The zero-order chi connectivity index (χ0) is 14.5. The first kappa shape index (κ1) is 13.7. The van der Waals surface area contributed by atoms with Crippen LogP contribution >= 0.6 is 0 Å². The number of halogens is 1. The molecule has 8 nitrogen and oxygen atoms in total. The predicted molar refractivity (Wildman–Crippen MR) is 62.5 cm³/mol. The largest absolute Gasteiger partial charge is 0.463 e. The van der Waals surface area contributed by atoms with Gasteiger partial charge >= 0.3 is 12.0 Å². The molecule has 0 unspecified atom stereocenters. The van der Waals surface area contributed by atoms with E-state index in [0.717, 1.165) is 12.1 Å². The van der Waals surface area contributed by atoms with Gasteiger partial charge in [-0.05, 0) is 13.0 Å². The van der Waals surface area contributed by atoms with Crippen LogP contribution in [0.15, 0.2) is 18.3 Å². The molecule has 0 aliphatic carbocycles. The third-order valence-electron chi connectivity index (χ3n) is 2.15. The van der Waals surface area contributed by atoms with Crippen molar-refractivity contribution in [1.29, 1.82) is 0 Å². The van der Waals surface area contributed by atoms with Gasteiger partial charge in [0.15, 0.2) is 6.61 Å². The molecule has 2 heterocycles. The molecular formula is C11H11FN4O4. The Hall–Kier alpha value is -2.71. The van der Waals surface area contributed by atoms with Gasteiger partial charge in [-0.2, -0.15) is 4.98 Å². The molecule has 2 aromatic heterocycles. The van der Waals surface area contributed by atoms with Gasteiger partial charge in [0.25, 0.3) is 0 Å². The fourth-order valence-corrected chi connectivity index (χ4v) is 1.36. The second kappa shape index (κ2) is 5.95. The molecule has 0 bridgehead atoms. The predicted octanol–water partition coefficient (Wildman–Crippen LogP) is 0.658. The number of hydrogen-bond donors (Lipinski definition) is 1. The van der Waals surface area contributed by atoms with Crippen molar-refractivity contribution in [2.24, 2.45) is 0 Å². The Bertz CT molecular complexity index is 616. The molecule has 106 valence electrons. The summed E-state index contributed by atoms with van der Waals surface area (Å²) in [5.41, 5.74) is 0.0750. The molecule has 0 saturated heterocycles. The third kappa shape index (κ3) is 3.19.